The second kappa shape index (κ2) is 4.30. The van der Waals surface area contributed by atoms with Crippen LogP contribution in [-0.2, 0) is 5.41 Å². The summed E-state index contributed by atoms with van der Waals surface area (Å²) in [6.07, 6.45) is 0. The van der Waals surface area contributed by atoms with E-state index < -0.39 is 0 Å². The van der Waals surface area contributed by atoms with Crippen LogP contribution >= 0.6 is 0 Å². The first-order valence-corrected chi connectivity index (χ1v) is 6.46. The van der Waals surface area contributed by atoms with Crippen molar-refractivity contribution in [1.82, 2.24) is 10.2 Å². The third kappa shape index (κ3) is 1.91. The van der Waals surface area contributed by atoms with Crippen LogP contribution in [0.3, 0.4) is 0 Å². The van der Waals surface area contributed by atoms with Gasteiger partial charge >= 0.3 is 0 Å². The second-order valence-corrected chi connectivity index (χ2v) is 5.60. The molecule has 102 valence electrons. The smallest absolute Gasteiger partial charge is 0.278 e. The lowest BCUT2D eigenvalue weighted by atomic mass is 9.87. The van der Waals surface area contributed by atoms with Crippen molar-refractivity contribution in [1.29, 1.82) is 0 Å². The van der Waals surface area contributed by atoms with Gasteiger partial charge in [-0.1, -0.05) is 32.0 Å². The molecule has 3 rings (SSSR count). The van der Waals surface area contributed by atoms with Crippen LogP contribution in [-0.4, -0.2) is 22.6 Å². The van der Waals surface area contributed by atoms with Gasteiger partial charge in [0.05, 0.1) is 0 Å². The summed E-state index contributed by atoms with van der Waals surface area (Å²) in [6, 6.07) is 10.6. The van der Waals surface area contributed by atoms with Gasteiger partial charge in [-0.2, -0.15) is 5.10 Å². The molecule has 0 unspecified atom stereocenters. The van der Waals surface area contributed by atoms with Crippen LogP contribution in [0.4, 0.5) is 5.69 Å². The Morgan fingerprint density at radius 2 is 2.00 bits per heavy atom. The molecule has 0 bridgehead atoms. The van der Waals surface area contributed by atoms with Crippen LogP contribution < -0.4 is 10.5 Å². The van der Waals surface area contributed by atoms with E-state index in [2.05, 4.69) is 24.0 Å². The number of aromatic amines is 1. The normalized spacial score (nSPS) is 16.0. The van der Waals surface area contributed by atoms with Gasteiger partial charge in [-0.25, -0.2) is 5.10 Å². The summed E-state index contributed by atoms with van der Waals surface area (Å²) >= 11 is 0. The zero-order chi connectivity index (χ0) is 14.3. The topological polar surface area (TPSA) is 66.1 Å². The highest BCUT2D eigenvalue weighted by atomic mass is 16.2. The Morgan fingerprint density at radius 1 is 1.25 bits per heavy atom. The fourth-order valence-electron chi connectivity index (χ4n) is 2.63. The number of rotatable bonds is 1. The molecular formula is C15H15N3O2. The van der Waals surface area contributed by atoms with E-state index in [9.17, 15) is 9.59 Å². The molecule has 2 aromatic rings. The molecule has 2 heterocycles. The number of carbonyl (C=O) groups is 1. The van der Waals surface area contributed by atoms with Crippen molar-refractivity contribution >= 4 is 11.6 Å². The average molecular weight is 269 g/mol. The van der Waals surface area contributed by atoms with Gasteiger partial charge < -0.3 is 4.90 Å². The lowest BCUT2D eigenvalue weighted by Crippen LogP contribution is -2.34. The number of aromatic nitrogens is 2. The molecule has 5 heteroatoms. The van der Waals surface area contributed by atoms with E-state index in [1.807, 2.05) is 24.3 Å². The Labute approximate surface area is 116 Å². The highest BCUT2D eigenvalue weighted by molar-refractivity contribution is 6.06. The minimum Gasteiger partial charge on any atom is -0.306 e. The SMILES string of the molecule is CC1(C)CN(C(=O)c2ccc(=O)[nH]n2)c2ccccc21. The minimum atomic E-state index is -0.316. The number of nitrogens with one attached hydrogen (secondary N) is 1. The van der Waals surface area contributed by atoms with Crippen LogP contribution in [0, 0.1) is 0 Å². The van der Waals surface area contributed by atoms with Crippen molar-refractivity contribution in [3.05, 3.63) is 58.0 Å². The first-order valence-electron chi connectivity index (χ1n) is 6.46. The molecule has 20 heavy (non-hydrogen) atoms. The van der Waals surface area contributed by atoms with Gasteiger partial charge in [0.2, 0.25) is 0 Å². The summed E-state index contributed by atoms with van der Waals surface area (Å²) in [4.78, 5) is 25.3. The standard InChI is InChI=1S/C15H15N3O2/c1-15(2)9-18(12-6-4-3-5-10(12)15)14(20)11-7-8-13(19)17-16-11/h3-8H,9H2,1-2H3,(H,17,19). The second-order valence-electron chi connectivity index (χ2n) is 5.60. The Hall–Kier alpha value is -2.43. The highest BCUT2D eigenvalue weighted by Crippen LogP contribution is 2.40. The lowest BCUT2D eigenvalue weighted by molar-refractivity contribution is 0.0980. The van der Waals surface area contributed by atoms with E-state index in [4.69, 9.17) is 0 Å². The molecule has 0 fully saturated rings. The monoisotopic (exact) mass is 269 g/mol. The zero-order valence-electron chi connectivity index (χ0n) is 11.4. The molecule has 1 aromatic carbocycles. The van der Waals surface area contributed by atoms with Crippen molar-refractivity contribution in [3.8, 4) is 0 Å². The summed E-state index contributed by atoms with van der Waals surface area (Å²) in [7, 11) is 0. The quantitative estimate of drug-likeness (QED) is 0.857. The van der Waals surface area contributed by atoms with Crippen molar-refractivity contribution < 1.29 is 4.79 Å². The number of para-hydroxylation sites is 1. The van der Waals surface area contributed by atoms with Crippen LogP contribution in [0.2, 0.25) is 0 Å². The number of carbonyl (C=O) groups excluding carboxylic acids is 1. The van der Waals surface area contributed by atoms with Gasteiger partial charge in [-0.3, -0.25) is 9.59 Å². The summed E-state index contributed by atoms with van der Waals surface area (Å²) in [5.41, 5.74) is 1.91. The maximum absolute atomic E-state index is 12.6. The van der Waals surface area contributed by atoms with Gasteiger partial charge in [0, 0.05) is 23.7 Å². The van der Waals surface area contributed by atoms with Crippen LogP contribution in [0.5, 0.6) is 0 Å². The van der Waals surface area contributed by atoms with Crippen molar-refractivity contribution in [3.63, 3.8) is 0 Å². The lowest BCUT2D eigenvalue weighted by Gasteiger charge is -2.20. The number of fused-ring (bicyclic) bond motifs is 1. The van der Waals surface area contributed by atoms with E-state index in [0.29, 0.717) is 6.54 Å². The van der Waals surface area contributed by atoms with Crippen LogP contribution in [0.25, 0.3) is 0 Å². The molecule has 1 N–H and O–H groups in total. The van der Waals surface area contributed by atoms with Crippen molar-refractivity contribution in [2.45, 2.75) is 19.3 Å². The number of benzene rings is 1. The number of hydrogen-bond donors (Lipinski definition) is 1. The predicted molar refractivity (Wildman–Crippen MR) is 76.0 cm³/mol. The molecule has 0 saturated carbocycles. The Bertz CT molecular complexity index is 713. The molecule has 0 radical (unpaired) electrons. The molecule has 0 atom stereocenters. The number of hydrogen-bond acceptors (Lipinski definition) is 3. The van der Waals surface area contributed by atoms with Crippen LogP contribution in [0.15, 0.2) is 41.2 Å². The van der Waals surface area contributed by atoms with Gasteiger partial charge in [0.15, 0.2) is 0 Å². The zero-order valence-corrected chi connectivity index (χ0v) is 11.4. The fraction of sp³-hybridized carbons (Fsp3) is 0.267. The van der Waals surface area contributed by atoms with Gasteiger partial charge in [-0.15, -0.1) is 0 Å². The van der Waals surface area contributed by atoms with Crippen molar-refractivity contribution in [2.75, 3.05) is 11.4 Å². The van der Waals surface area contributed by atoms with E-state index in [-0.39, 0.29) is 22.6 Å². The van der Waals surface area contributed by atoms with E-state index in [1.54, 1.807) is 4.90 Å². The molecular weight excluding hydrogens is 254 g/mol. The summed E-state index contributed by atoms with van der Waals surface area (Å²) < 4.78 is 0. The first kappa shape index (κ1) is 12.6. The highest BCUT2D eigenvalue weighted by Gasteiger charge is 2.38. The number of anilines is 1. The molecule has 0 saturated heterocycles. The Morgan fingerprint density at radius 3 is 2.70 bits per heavy atom. The maximum atomic E-state index is 12.6. The molecule has 1 aliphatic heterocycles. The summed E-state index contributed by atoms with van der Waals surface area (Å²) in [6.45, 7) is 4.82. The molecule has 0 aliphatic carbocycles. The first-order chi connectivity index (χ1) is 9.49. The molecule has 0 spiro atoms. The van der Waals surface area contributed by atoms with E-state index >= 15 is 0 Å². The van der Waals surface area contributed by atoms with Gasteiger partial charge in [0.1, 0.15) is 5.69 Å². The third-order valence-electron chi connectivity index (χ3n) is 3.62. The molecule has 1 aromatic heterocycles. The largest absolute Gasteiger partial charge is 0.306 e. The van der Waals surface area contributed by atoms with Crippen molar-refractivity contribution in [2.24, 2.45) is 0 Å². The van der Waals surface area contributed by atoms with Gasteiger partial charge in [-0.05, 0) is 17.7 Å². The average Bonchev–Trinajstić information content (AvgIpc) is 2.72. The van der Waals surface area contributed by atoms with Crippen LogP contribution in [0.1, 0.15) is 29.9 Å². The Balaban J connectivity index is 2.02. The number of H-pyrrole nitrogens is 1. The minimum absolute atomic E-state index is 0.0888. The van der Waals surface area contributed by atoms with Gasteiger partial charge in [0.25, 0.3) is 11.5 Å². The fourth-order valence-corrected chi connectivity index (χ4v) is 2.63. The molecule has 1 aliphatic rings. The van der Waals surface area contributed by atoms with E-state index in [0.717, 1.165) is 11.3 Å². The third-order valence-corrected chi connectivity index (χ3v) is 3.62. The summed E-state index contributed by atoms with van der Waals surface area (Å²) in [5, 5.41) is 6.11. The summed E-state index contributed by atoms with van der Waals surface area (Å²) in [5.74, 6) is -0.195. The maximum Gasteiger partial charge on any atom is 0.278 e. The number of amides is 1. The molecule has 5 nitrogen and oxygen atoms in total. The molecule has 1 amide bonds. The van der Waals surface area contributed by atoms with E-state index in [1.165, 1.54) is 12.1 Å². The predicted octanol–water partition coefficient (Wildman–Crippen LogP) is 1.71. The number of nitrogens with zero attached hydrogens (tertiary/aromatic N) is 2. The Kier molecular flexibility index (Phi) is 2.71.